The SMILES string of the molecule is Cc1ccc2c(c1)CCCN2C(=O)C1CC12CCNCC2.Cl. The summed E-state index contributed by atoms with van der Waals surface area (Å²) in [6.45, 7) is 5.20. The van der Waals surface area contributed by atoms with Crippen molar-refractivity contribution in [1.82, 2.24) is 5.32 Å². The smallest absolute Gasteiger partial charge is 0.230 e. The Morgan fingerprint density at radius 2 is 2.09 bits per heavy atom. The molecule has 4 heteroatoms. The van der Waals surface area contributed by atoms with Crippen molar-refractivity contribution in [2.45, 2.75) is 39.0 Å². The molecule has 1 aliphatic carbocycles. The first-order valence-electron chi connectivity index (χ1n) is 8.31. The molecular formula is C18H25ClN2O. The molecule has 1 aromatic carbocycles. The van der Waals surface area contributed by atoms with Gasteiger partial charge < -0.3 is 10.2 Å². The third-order valence-electron chi connectivity index (χ3n) is 5.71. The van der Waals surface area contributed by atoms with E-state index in [4.69, 9.17) is 0 Å². The Labute approximate surface area is 138 Å². The first kappa shape index (κ1) is 15.8. The number of carbonyl (C=O) groups is 1. The van der Waals surface area contributed by atoms with Gasteiger partial charge in [-0.25, -0.2) is 0 Å². The largest absolute Gasteiger partial charge is 0.317 e. The van der Waals surface area contributed by atoms with Gasteiger partial charge in [0, 0.05) is 18.2 Å². The lowest BCUT2D eigenvalue weighted by atomic mass is 9.91. The summed E-state index contributed by atoms with van der Waals surface area (Å²) in [5, 5.41) is 3.42. The van der Waals surface area contributed by atoms with Gasteiger partial charge in [0.1, 0.15) is 0 Å². The Morgan fingerprint density at radius 3 is 2.86 bits per heavy atom. The van der Waals surface area contributed by atoms with Crippen LogP contribution in [0.1, 0.15) is 36.8 Å². The number of anilines is 1. The number of nitrogens with zero attached hydrogens (tertiary/aromatic N) is 1. The zero-order valence-corrected chi connectivity index (χ0v) is 14.0. The molecule has 0 aromatic heterocycles. The number of rotatable bonds is 1. The number of amides is 1. The van der Waals surface area contributed by atoms with Gasteiger partial charge in [-0.3, -0.25) is 4.79 Å². The van der Waals surface area contributed by atoms with E-state index in [0.29, 0.717) is 11.3 Å². The van der Waals surface area contributed by atoms with Crippen LogP contribution < -0.4 is 10.2 Å². The van der Waals surface area contributed by atoms with E-state index in [2.05, 4.69) is 35.3 Å². The normalized spacial score (nSPS) is 25.3. The Balaban J connectivity index is 0.00000144. The van der Waals surface area contributed by atoms with Crippen LogP contribution in [0.2, 0.25) is 0 Å². The minimum absolute atomic E-state index is 0. The van der Waals surface area contributed by atoms with Gasteiger partial charge in [0.2, 0.25) is 5.91 Å². The Hall–Kier alpha value is -1.06. The molecule has 1 unspecified atom stereocenters. The van der Waals surface area contributed by atoms with Crippen molar-refractivity contribution < 1.29 is 4.79 Å². The Morgan fingerprint density at radius 1 is 1.32 bits per heavy atom. The number of carbonyl (C=O) groups excluding carboxylic acids is 1. The molecule has 1 saturated heterocycles. The Bertz CT molecular complexity index is 580. The molecule has 120 valence electrons. The topological polar surface area (TPSA) is 32.3 Å². The van der Waals surface area contributed by atoms with Crippen molar-refractivity contribution in [2.24, 2.45) is 11.3 Å². The molecule has 4 rings (SSSR count). The molecule has 2 fully saturated rings. The fourth-order valence-corrected chi connectivity index (χ4v) is 4.32. The van der Waals surface area contributed by atoms with Gasteiger partial charge in [-0.05, 0) is 69.2 Å². The summed E-state index contributed by atoms with van der Waals surface area (Å²) in [5.74, 6) is 0.675. The van der Waals surface area contributed by atoms with Crippen LogP contribution in [-0.4, -0.2) is 25.5 Å². The summed E-state index contributed by atoms with van der Waals surface area (Å²) in [6, 6.07) is 6.54. The quantitative estimate of drug-likeness (QED) is 0.862. The minimum Gasteiger partial charge on any atom is -0.317 e. The lowest BCUT2D eigenvalue weighted by Gasteiger charge is -2.31. The molecule has 1 saturated carbocycles. The van der Waals surface area contributed by atoms with Crippen molar-refractivity contribution in [2.75, 3.05) is 24.5 Å². The highest BCUT2D eigenvalue weighted by molar-refractivity contribution is 5.98. The summed E-state index contributed by atoms with van der Waals surface area (Å²) in [5.41, 5.74) is 4.16. The van der Waals surface area contributed by atoms with E-state index in [1.54, 1.807) is 0 Å². The van der Waals surface area contributed by atoms with Crippen molar-refractivity contribution in [3.8, 4) is 0 Å². The van der Waals surface area contributed by atoms with E-state index in [1.807, 2.05) is 0 Å². The second-order valence-electron chi connectivity index (χ2n) is 7.09. The molecule has 1 amide bonds. The Kier molecular flexibility index (Phi) is 4.21. The van der Waals surface area contributed by atoms with E-state index >= 15 is 0 Å². The summed E-state index contributed by atoms with van der Waals surface area (Å²) < 4.78 is 0. The van der Waals surface area contributed by atoms with Crippen molar-refractivity contribution >= 4 is 24.0 Å². The highest BCUT2D eigenvalue weighted by Gasteiger charge is 2.58. The van der Waals surface area contributed by atoms with E-state index < -0.39 is 0 Å². The van der Waals surface area contributed by atoms with Crippen molar-refractivity contribution in [3.63, 3.8) is 0 Å². The minimum atomic E-state index is 0. The maximum atomic E-state index is 13.0. The number of benzene rings is 1. The molecule has 1 N–H and O–H groups in total. The number of fused-ring (bicyclic) bond motifs is 1. The van der Waals surface area contributed by atoms with E-state index in [9.17, 15) is 4.79 Å². The molecular weight excluding hydrogens is 296 g/mol. The van der Waals surface area contributed by atoms with Gasteiger partial charge in [0.15, 0.2) is 0 Å². The molecule has 2 heterocycles. The first-order chi connectivity index (χ1) is 10.2. The second-order valence-corrected chi connectivity index (χ2v) is 7.09. The predicted octanol–water partition coefficient (Wildman–Crippen LogP) is 3.09. The van der Waals surface area contributed by atoms with Gasteiger partial charge in [0.05, 0.1) is 0 Å². The van der Waals surface area contributed by atoms with Crippen molar-refractivity contribution in [1.29, 1.82) is 0 Å². The molecule has 3 nitrogen and oxygen atoms in total. The van der Waals surface area contributed by atoms with Crippen LogP contribution in [0.3, 0.4) is 0 Å². The maximum absolute atomic E-state index is 13.0. The number of hydrogen-bond donors (Lipinski definition) is 1. The number of hydrogen-bond acceptors (Lipinski definition) is 2. The highest BCUT2D eigenvalue weighted by Crippen LogP contribution is 2.59. The highest BCUT2D eigenvalue weighted by atomic mass is 35.5. The number of halogens is 1. The standard InChI is InChI=1S/C18H24N2O.ClH/c1-13-4-5-16-14(11-13)3-2-10-20(16)17(21)15-12-18(15)6-8-19-9-7-18;/h4-5,11,15,19H,2-3,6-10,12H2,1H3;1H. The van der Waals surface area contributed by atoms with Gasteiger partial charge in [-0.2, -0.15) is 0 Å². The third kappa shape index (κ3) is 2.55. The predicted molar refractivity (Wildman–Crippen MR) is 91.7 cm³/mol. The van der Waals surface area contributed by atoms with Crippen LogP contribution in [0.4, 0.5) is 5.69 Å². The molecule has 2 aliphatic heterocycles. The third-order valence-corrected chi connectivity index (χ3v) is 5.71. The van der Waals surface area contributed by atoms with Crippen LogP contribution in [0, 0.1) is 18.3 Å². The zero-order valence-electron chi connectivity index (χ0n) is 13.2. The molecule has 1 atom stereocenters. The van der Waals surface area contributed by atoms with Crippen molar-refractivity contribution in [3.05, 3.63) is 29.3 Å². The first-order valence-corrected chi connectivity index (χ1v) is 8.31. The average molecular weight is 321 g/mol. The maximum Gasteiger partial charge on any atom is 0.230 e. The fourth-order valence-electron chi connectivity index (χ4n) is 4.32. The van der Waals surface area contributed by atoms with Crippen LogP contribution in [0.15, 0.2) is 18.2 Å². The molecule has 0 radical (unpaired) electrons. The lowest BCUT2D eigenvalue weighted by Crippen LogP contribution is -2.39. The number of aryl methyl sites for hydroxylation is 2. The summed E-state index contributed by atoms with van der Waals surface area (Å²) in [7, 11) is 0. The van der Waals surface area contributed by atoms with Gasteiger partial charge >= 0.3 is 0 Å². The van der Waals surface area contributed by atoms with E-state index in [0.717, 1.165) is 38.9 Å². The zero-order chi connectivity index (χ0) is 14.4. The van der Waals surface area contributed by atoms with E-state index in [-0.39, 0.29) is 18.3 Å². The summed E-state index contributed by atoms with van der Waals surface area (Å²) in [4.78, 5) is 15.1. The van der Waals surface area contributed by atoms with Crippen LogP contribution >= 0.6 is 12.4 Å². The molecule has 3 aliphatic rings. The van der Waals surface area contributed by atoms with Gasteiger partial charge in [-0.1, -0.05) is 17.7 Å². The lowest BCUT2D eigenvalue weighted by molar-refractivity contribution is -0.120. The monoisotopic (exact) mass is 320 g/mol. The van der Waals surface area contributed by atoms with Gasteiger partial charge in [-0.15, -0.1) is 12.4 Å². The fraction of sp³-hybridized carbons (Fsp3) is 0.611. The van der Waals surface area contributed by atoms with Crippen LogP contribution in [0.25, 0.3) is 0 Å². The number of nitrogens with one attached hydrogen (secondary N) is 1. The second kappa shape index (κ2) is 5.86. The molecule has 1 spiro atoms. The number of piperidine rings is 1. The summed E-state index contributed by atoms with van der Waals surface area (Å²) in [6.07, 6.45) is 5.69. The molecule has 1 aromatic rings. The molecule has 0 bridgehead atoms. The average Bonchev–Trinajstić information content (AvgIpc) is 3.19. The van der Waals surface area contributed by atoms with Crippen LogP contribution in [0.5, 0.6) is 0 Å². The van der Waals surface area contributed by atoms with Crippen LogP contribution in [-0.2, 0) is 11.2 Å². The molecule has 22 heavy (non-hydrogen) atoms. The van der Waals surface area contributed by atoms with E-state index in [1.165, 1.54) is 29.7 Å². The summed E-state index contributed by atoms with van der Waals surface area (Å²) >= 11 is 0. The van der Waals surface area contributed by atoms with Gasteiger partial charge in [0.25, 0.3) is 0 Å².